The lowest BCUT2D eigenvalue weighted by atomic mass is 9.85. The summed E-state index contributed by atoms with van der Waals surface area (Å²) in [6, 6.07) is 0. The summed E-state index contributed by atoms with van der Waals surface area (Å²) in [7, 11) is 0. The molecule has 0 radical (unpaired) electrons. The van der Waals surface area contributed by atoms with Crippen molar-refractivity contribution in [2.24, 2.45) is 0 Å². The van der Waals surface area contributed by atoms with E-state index >= 15 is 0 Å². The molecule has 0 amide bonds. The van der Waals surface area contributed by atoms with Crippen LogP contribution in [0.3, 0.4) is 0 Å². The van der Waals surface area contributed by atoms with Crippen LogP contribution in [-0.4, -0.2) is 75.6 Å². The van der Waals surface area contributed by atoms with E-state index in [4.69, 9.17) is 14.6 Å². The highest BCUT2D eigenvalue weighted by Gasteiger charge is 2.54. The monoisotopic (exact) mass is 238 g/mol. The Balaban J connectivity index is 2.83. The number of rotatable bonds is 4. The fraction of sp³-hybridized carbons (Fsp3) is 1.00. The third-order valence-corrected chi connectivity index (χ3v) is 2.68. The van der Waals surface area contributed by atoms with E-state index in [1.54, 1.807) is 6.92 Å². The molecular weight excluding hydrogens is 220 g/mol. The molecule has 1 heterocycles. The van der Waals surface area contributed by atoms with Crippen LogP contribution < -0.4 is 0 Å². The van der Waals surface area contributed by atoms with Crippen LogP contribution in [0.1, 0.15) is 6.92 Å². The average Bonchev–Trinajstić information content (AvgIpc) is 2.29. The van der Waals surface area contributed by atoms with Crippen molar-refractivity contribution in [3.8, 4) is 0 Å². The number of aliphatic hydroxyl groups is 5. The Morgan fingerprint density at radius 3 is 2.38 bits per heavy atom. The summed E-state index contributed by atoms with van der Waals surface area (Å²) < 4.78 is 9.67. The van der Waals surface area contributed by atoms with Gasteiger partial charge < -0.3 is 35.0 Å². The number of ether oxygens (including phenoxy) is 2. The van der Waals surface area contributed by atoms with Crippen LogP contribution in [0, 0.1) is 0 Å². The fourth-order valence-corrected chi connectivity index (χ4v) is 1.65. The molecule has 7 nitrogen and oxygen atoms in total. The molecule has 5 atom stereocenters. The summed E-state index contributed by atoms with van der Waals surface area (Å²) in [6.07, 6.45) is -6.07. The third kappa shape index (κ3) is 2.35. The fourth-order valence-electron chi connectivity index (χ4n) is 1.65. The van der Waals surface area contributed by atoms with Crippen LogP contribution in [0.4, 0.5) is 0 Å². The van der Waals surface area contributed by atoms with E-state index in [9.17, 15) is 20.4 Å². The number of aliphatic hydroxyl groups excluding tert-OH is 4. The molecule has 0 aromatic carbocycles. The average molecular weight is 238 g/mol. The molecule has 96 valence electrons. The second kappa shape index (κ2) is 5.37. The summed E-state index contributed by atoms with van der Waals surface area (Å²) >= 11 is 0. The lowest BCUT2D eigenvalue weighted by Gasteiger charge is -2.46. The molecule has 16 heavy (non-hydrogen) atoms. The first-order valence-electron chi connectivity index (χ1n) is 5.08. The Morgan fingerprint density at radius 2 is 1.88 bits per heavy atom. The minimum Gasteiger partial charge on any atom is -0.394 e. The van der Waals surface area contributed by atoms with Crippen molar-refractivity contribution in [3.05, 3.63) is 0 Å². The molecule has 7 heteroatoms. The standard InChI is InChI=1S/C9H18O7/c1-2-15-4-9(14)6(11)5(3-10)16-8(13)7(9)12/h5-8,10-14H,2-4H2,1H3/t5-,6-,7-,8+,9+/m1/s1. The van der Waals surface area contributed by atoms with Gasteiger partial charge in [0.05, 0.1) is 13.2 Å². The van der Waals surface area contributed by atoms with Crippen LogP contribution in [0.5, 0.6) is 0 Å². The van der Waals surface area contributed by atoms with Crippen molar-refractivity contribution in [2.75, 3.05) is 19.8 Å². The zero-order chi connectivity index (χ0) is 12.3. The lowest BCUT2D eigenvalue weighted by molar-refractivity contribution is -0.329. The molecule has 0 saturated carbocycles. The highest BCUT2D eigenvalue weighted by atomic mass is 16.6. The van der Waals surface area contributed by atoms with Crippen molar-refractivity contribution in [2.45, 2.75) is 37.1 Å². The summed E-state index contributed by atoms with van der Waals surface area (Å²) in [5.41, 5.74) is -2.05. The number of hydrogen-bond acceptors (Lipinski definition) is 7. The van der Waals surface area contributed by atoms with Crippen molar-refractivity contribution in [1.82, 2.24) is 0 Å². The van der Waals surface area contributed by atoms with Crippen molar-refractivity contribution >= 4 is 0 Å². The van der Waals surface area contributed by atoms with Gasteiger partial charge in [0.2, 0.25) is 0 Å². The maximum Gasteiger partial charge on any atom is 0.184 e. The molecule has 1 saturated heterocycles. The topological polar surface area (TPSA) is 120 Å². The van der Waals surface area contributed by atoms with Crippen LogP contribution in [0.25, 0.3) is 0 Å². The first-order chi connectivity index (χ1) is 7.47. The molecule has 0 bridgehead atoms. The molecule has 0 aromatic rings. The van der Waals surface area contributed by atoms with Gasteiger partial charge in [-0.15, -0.1) is 0 Å². The maximum absolute atomic E-state index is 10.0. The molecule has 1 rings (SSSR count). The Bertz CT molecular complexity index is 224. The van der Waals surface area contributed by atoms with E-state index in [1.165, 1.54) is 0 Å². The predicted molar refractivity (Wildman–Crippen MR) is 51.4 cm³/mol. The van der Waals surface area contributed by atoms with Gasteiger partial charge in [0.25, 0.3) is 0 Å². The van der Waals surface area contributed by atoms with Gasteiger partial charge in [-0.1, -0.05) is 0 Å². The zero-order valence-corrected chi connectivity index (χ0v) is 8.98. The summed E-state index contributed by atoms with van der Waals surface area (Å²) in [6.45, 7) is 1.02. The van der Waals surface area contributed by atoms with E-state index in [-0.39, 0.29) is 13.2 Å². The minimum atomic E-state index is -2.05. The second-order valence-electron chi connectivity index (χ2n) is 3.77. The smallest absolute Gasteiger partial charge is 0.184 e. The predicted octanol–water partition coefficient (Wildman–Crippen LogP) is -2.81. The van der Waals surface area contributed by atoms with Gasteiger partial charge in [-0.05, 0) is 6.92 Å². The third-order valence-electron chi connectivity index (χ3n) is 2.68. The molecular formula is C9H18O7. The quantitative estimate of drug-likeness (QED) is 0.358. The van der Waals surface area contributed by atoms with Gasteiger partial charge in [-0.25, -0.2) is 0 Å². The molecule has 5 N–H and O–H groups in total. The largest absolute Gasteiger partial charge is 0.394 e. The Hall–Kier alpha value is -0.280. The van der Waals surface area contributed by atoms with Gasteiger partial charge in [0.1, 0.15) is 23.9 Å². The van der Waals surface area contributed by atoms with E-state index < -0.39 is 36.8 Å². The van der Waals surface area contributed by atoms with Crippen molar-refractivity contribution in [3.63, 3.8) is 0 Å². The van der Waals surface area contributed by atoms with Gasteiger partial charge in [0, 0.05) is 6.61 Å². The highest BCUT2D eigenvalue weighted by Crippen LogP contribution is 2.29. The molecule has 0 aromatic heterocycles. The molecule has 0 spiro atoms. The molecule has 1 aliphatic heterocycles. The van der Waals surface area contributed by atoms with Crippen LogP contribution in [-0.2, 0) is 9.47 Å². The highest BCUT2D eigenvalue weighted by molar-refractivity contribution is 5.01. The SMILES string of the molecule is CCOC[C@@]1(O)[C@H](O)[C@@H](O)O[C@H](CO)[C@H]1O. The maximum atomic E-state index is 10.0. The van der Waals surface area contributed by atoms with Crippen LogP contribution in [0.2, 0.25) is 0 Å². The number of hydrogen-bond donors (Lipinski definition) is 5. The Kier molecular flexibility index (Phi) is 4.62. The van der Waals surface area contributed by atoms with Gasteiger partial charge in [-0.3, -0.25) is 0 Å². The van der Waals surface area contributed by atoms with E-state index in [2.05, 4.69) is 0 Å². The minimum absolute atomic E-state index is 0.280. The first kappa shape index (κ1) is 13.8. The molecule has 0 aliphatic carbocycles. The zero-order valence-electron chi connectivity index (χ0n) is 8.98. The van der Waals surface area contributed by atoms with Crippen LogP contribution in [0.15, 0.2) is 0 Å². The van der Waals surface area contributed by atoms with Crippen molar-refractivity contribution in [1.29, 1.82) is 0 Å². The summed E-state index contributed by atoms with van der Waals surface area (Å²) in [5, 5.41) is 47.5. The Morgan fingerprint density at radius 1 is 1.25 bits per heavy atom. The van der Waals surface area contributed by atoms with Gasteiger partial charge in [0.15, 0.2) is 6.29 Å². The molecule has 0 unspecified atom stereocenters. The Labute approximate surface area is 92.9 Å². The van der Waals surface area contributed by atoms with Gasteiger partial charge in [-0.2, -0.15) is 0 Å². The molecule has 1 fully saturated rings. The van der Waals surface area contributed by atoms with Crippen LogP contribution >= 0.6 is 0 Å². The summed E-state index contributed by atoms with van der Waals surface area (Å²) in [5.74, 6) is 0. The normalized spacial score (nSPS) is 44.6. The first-order valence-corrected chi connectivity index (χ1v) is 5.08. The van der Waals surface area contributed by atoms with E-state index in [0.29, 0.717) is 0 Å². The lowest BCUT2D eigenvalue weighted by Crippen LogP contribution is -2.69. The summed E-state index contributed by atoms with van der Waals surface area (Å²) in [4.78, 5) is 0. The van der Waals surface area contributed by atoms with E-state index in [0.717, 1.165) is 0 Å². The molecule has 1 aliphatic rings. The van der Waals surface area contributed by atoms with E-state index in [1.807, 2.05) is 0 Å². The van der Waals surface area contributed by atoms with Crippen molar-refractivity contribution < 1.29 is 35.0 Å². The van der Waals surface area contributed by atoms with Gasteiger partial charge >= 0.3 is 0 Å². The second-order valence-corrected chi connectivity index (χ2v) is 3.77.